The molecular formula is C22H24N4O3. The van der Waals surface area contributed by atoms with E-state index in [1.54, 1.807) is 38.9 Å². The van der Waals surface area contributed by atoms with E-state index in [2.05, 4.69) is 20.6 Å². The molecule has 0 aliphatic heterocycles. The summed E-state index contributed by atoms with van der Waals surface area (Å²) in [4.78, 5) is 20.5. The summed E-state index contributed by atoms with van der Waals surface area (Å²) < 4.78 is 10.6. The maximum atomic E-state index is 12.3. The minimum atomic E-state index is -0.225. The van der Waals surface area contributed by atoms with Gasteiger partial charge in [-0.15, -0.1) is 0 Å². The molecular weight excluding hydrogens is 368 g/mol. The number of benzene rings is 1. The van der Waals surface area contributed by atoms with Gasteiger partial charge in [0.15, 0.2) is 11.5 Å². The van der Waals surface area contributed by atoms with Crippen molar-refractivity contribution in [1.29, 1.82) is 0 Å². The van der Waals surface area contributed by atoms with Crippen molar-refractivity contribution in [1.82, 2.24) is 15.3 Å². The standard InChI is InChI=1S/C22H24N4O3/c1-28-20-6-5-16(12-21(20)29-2)7-10-24-18-8-11-25-19(13-18)22(27)26-15-17-4-3-9-23-14-17/h3-6,8-9,11-14H,7,10,15H2,1-2H3,(H,24,25)(H,26,27). The van der Waals surface area contributed by atoms with Crippen LogP contribution in [0.25, 0.3) is 0 Å². The first-order valence-electron chi connectivity index (χ1n) is 9.27. The lowest BCUT2D eigenvalue weighted by molar-refractivity contribution is 0.0946. The maximum absolute atomic E-state index is 12.3. The van der Waals surface area contributed by atoms with E-state index in [0.29, 0.717) is 30.3 Å². The van der Waals surface area contributed by atoms with Gasteiger partial charge >= 0.3 is 0 Å². The van der Waals surface area contributed by atoms with Crippen LogP contribution in [0.4, 0.5) is 5.69 Å². The van der Waals surface area contributed by atoms with Gasteiger partial charge in [-0.05, 0) is 47.9 Å². The fourth-order valence-electron chi connectivity index (χ4n) is 2.83. The van der Waals surface area contributed by atoms with Crippen LogP contribution in [0.2, 0.25) is 0 Å². The largest absolute Gasteiger partial charge is 0.493 e. The number of aromatic nitrogens is 2. The number of ether oxygens (including phenoxy) is 2. The summed E-state index contributed by atoms with van der Waals surface area (Å²) >= 11 is 0. The van der Waals surface area contributed by atoms with Crippen LogP contribution >= 0.6 is 0 Å². The number of carbonyl (C=O) groups excluding carboxylic acids is 1. The highest BCUT2D eigenvalue weighted by molar-refractivity contribution is 5.93. The molecule has 0 radical (unpaired) electrons. The van der Waals surface area contributed by atoms with Crippen molar-refractivity contribution < 1.29 is 14.3 Å². The van der Waals surface area contributed by atoms with E-state index in [0.717, 1.165) is 23.2 Å². The average Bonchev–Trinajstić information content (AvgIpc) is 2.78. The molecule has 0 aliphatic carbocycles. The van der Waals surface area contributed by atoms with Crippen LogP contribution in [0.3, 0.4) is 0 Å². The van der Waals surface area contributed by atoms with Crippen LogP contribution in [0.15, 0.2) is 61.1 Å². The Labute approximate surface area is 170 Å². The summed E-state index contributed by atoms with van der Waals surface area (Å²) in [5, 5.41) is 6.18. The Balaban J connectivity index is 1.54. The zero-order valence-electron chi connectivity index (χ0n) is 16.5. The Bertz CT molecular complexity index is 948. The molecule has 0 unspecified atom stereocenters. The third-order valence-electron chi connectivity index (χ3n) is 4.36. The Hall–Kier alpha value is -3.61. The summed E-state index contributed by atoms with van der Waals surface area (Å²) in [6, 6.07) is 13.2. The molecule has 7 nitrogen and oxygen atoms in total. The molecule has 0 saturated heterocycles. The van der Waals surface area contributed by atoms with E-state index in [1.165, 1.54) is 0 Å². The first kappa shape index (κ1) is 20.1. The Kier molecular flexibility index (Phi) is 7.00. The molecule has 0 aliphatic rings. The van der Waals surface area contributed by atoms with Gasteiger partial charge in [0.2, 0.25) is 0 Å². The van der Waals surface area contributed by atoms with Crippen molar-refractivity contribution in [3.8, 4) is 11.5 Å². The van der Waals surface area contributed by atoms with Crippen molar-refractivity contribution in [2.24, 2.45) is 0 Å². The molecule has 150 valence electrons. The van der Waals surface area contributed by atoms with Crippen LogP contribution in [-0.2, 0) is 13.0 Å². The second kappa shape index (κ2) is 10.1. The highest BCUT2D eigenvalue weighted by atomic mass is 16.5. The quantitative estimate of drug-likeness (QED) is 0.582. The van der Waals surface area contributed by atoms with Crippen LogP contribution in [0.1, 0.15) is 21.6 Å². The Morgan fingerprint density at radius 1 is 1.00 bits per heavy atom. The van der Waals surface area contributed by atoms with Crippen LogP contribution < -0.4 is 20.1 Å². The molecule has 7 heteroatoms. The molecule has 1 amide bonds. The topological polar surface area (TPSA) is 85.4 Å². The molecule has 2 N–H and O–H groups in total. The average molecular weight is 392 g/mol. The van der Waals surface area contributed by atoms with Gasteiger partial charge in [0.1, 0.15) is 5.69 Å². The smallest absolute Gasteiger partial charge is 0.270 e. The van der Waals surface area contributed by atoms with Crippen LogP contribution in [0, 0.1) is 0 Å². The first-order valence-corrected chi connectivity index (χ1v) is 9.27. The molecule has 2 heterocycles. The van der Waals surface area contributed by atoms with E-state index in [4.69, 9.17) is 9.47 Å². The first-order chi connectivity index (χ1) is 14.2. The number of anilines is 1. The van der Waals surface area contributed by atoms with Gasteiger partial charge in [-0.25, -0.2) is 0 Å². The number of nitrogens with one attached hydrogen (secondary N) is 2. The lowest BCUT2D eigenvalue weighted by Crippen LogP contribution is -2.24. The second-order valence-corrected chi connectivity index (χ2v) is 6.34. The fraction of sp³-hybridized carbons (Fsp3) is 0.227. The monoisotopic (exact) mass is 392 g/mol. The number of hydrogen-bond acceptors (Lipinski definition) is 6. The molecule has 2 aromatic heterocycles. The fourth-order valence-corrected chi connectivity index (χ4v) is 2.83. The Morgan fingerprint density at radius 3 is 2.62 bits per heavy atom. The Morgan fingerprint density at radius 2 is 1.86 bits per heavy atom. The number of carbonyl (C=O) groups is 1. The van der Waals surface area contributed by atoms with Gasteiger partial charge in [0, 0.05) is 37.4 Å². The molecule has 3 aromatic rings. The van der Waals surface area contributed by atoms with Gasteiger partial charge in [0.25, 0.3) is 5.91 Å². The molecule has 1 aromatic carbocycles. The summed E-state index contributed by atoms with van der Waals surface area (Å²) in [6.45, 7) is 1.11. The molecule has 0 saturated carbocycles. The molecule has 0 spiro atoms. The number of pyridine rings is 2. The zero-order chi connectivity index (χ0) is 20.5. The number of nitrogens with zero attached hydrogens (tertiary/aromatic N) is 2. The van der Waals surface area contributed by atoms with Crippen molar-refractivity contribution in [3.63, 3.8) is 0 Å². The van der Waals surface area contributed by atoms with E-state index >= 15 is 0 Å². The highest BCUT2D eigenvalue weighted by Crippen LogP contribution is 2.27. The zero-order valence-corrected chi connectivity index (χ0v) is 16.5. The van der Waals surface area contributed by atoms with Crippen molar-refractivity contribution in [2.75, 3.05) is 26.1 Å². The molecule has 0 bridgehead atoms. The summed E-state index contributed by atoms with van der Waals surface area (Å²) in [6.07, 6.45) is 5.84. The lowest BCUT2D eigenvalue weighted by Gasteiger charge is -2.11. The maximum Gasteiger partial charge on any atom is 0.270 e. The van der Waals surface area contributed by atoms with Gasteiger partial charge in [-0.1, -0.05) is 12.1 Å². The van der Waals surface area contributed by atoms with E-state index in [9.17, 15) is 4.79 Å². The minimum Gasteiger partial charge on any atom is -0.493 e. The highest BCUT2D eigenvalue weighted by Gasteiger charge is 2.08. The third-order valence-corrected chi connectivity index (χ3v) is 4.36. The van der Waals surface area contributed by atoms with Crippen molar-refractivity contribution in [2.45, 2.75) is 13.0 Å². The molecule has 0 atom stereocenters. The van der Waals surface area contributed by atoms with Crippen molar-refractivity contribution in [3.05, 3.63) is 77.9 Å². The van der Waals surface area contributed by atoms with Gasteiger partial charge < -0.3 is 20.1 Å². The lowest BCUT2D eigenvalue weighted by atomic mass is 10.1. The van der Waals surface area contributed by atoms with Crippen LogP contribution in [-0.4, -0.2) is 36.6 Å². The summed E-state index contributed by atoms with van der Waals surface area (Å²) in [7, 11) is 3.24. The van der Waals surface area contributed by atoms with E-state index in [-0.39, 0.29) is 5.91 Å². The van der Waals surface area contributed by atoms with Gasteiger partial charge in [0.05, 0.1) is 14.2 Å². The van der Waals surface area contributed by atoms with E-state index in [1.807, 2.05) is 36.4 Å². The SMILES string of the molecule is COc1ccc(CCNc2ccnc(C(=O)NCc3cccnc3)c2)cc1OC. The number of methoxy groups -OCH3 is 2. The van der Waals surface area contributed by atoms with Crippen molar-refractivity contribution >= 4 is 11.6 Å². The summed E-state index contributed by atoms with van der Waals surface area (Å²) in [5.74, 6) is 1.19. The predicted molar refractivity (Wildman–Crippen MR) is 111 cm³/mol. The second-order valence-electron chi connectivity index (χ2n) is 6.34. The molecule has 3 rings (SSSR count). The molecule has 29 heavy (non-hydrogen) atoms. The van der Waals surface area contributed by atoms with E-state index < -0.39 is 0 Å². The number of rotatable bonds is 9. The third kappa shape index (κ3) is 5.68. The number of amides is 1. The van der Waals surface area contributed by atoms with Crippen LogP contribution in [0.5, 0.6) is 11.5 Å². The van der Waals surface area contributed by atoms with Gasteiger partial charge in [-0.3, -0.25) is 14.8 Å². The number of hydrogen-bond donors (Lipinski definition) is 2. The molecule has 0 fully saturated rings. The normalized spacial score (nSPS) is 10.3. The predicted octanol–water partition coefficient (Wildman–Crippen LogP) is 3.08. The minimum absolute atomic E-state index is 0.225. The summed E-state index contributed by atoms with van der Waals surface area (Å²) in [5.41, 5.74) is 3.26. The van der Waals surface area contributed by atoms with Gasteiger partial charge in [-0.2, -0.15) is 0 Å².